The Balaban J connectivity index is 1.51. The summed E-state index contributed by atoms with van der Waals surface area (Å²) in [7, 11) is 0. The molecule has 0 aliphatic rings. The summed E-state index contributed by atoms with van der Waals surface area (Å²) in [5, 5.41) is 15.7. The van der Waals surface area contributed by atoms with Crippen LogP contribution >= 0.6 is 0 Å². The number of halogens is 3. The number of carbonyl (C=O) groups excluding carboxylic acids is 1. The van der Waals surface area contributed by atoms with E-state index >= 15 is 0 Å². The van der Waals surface area contributed by atoms with E-state index in [4.69, 9.17) is 0 Å². The van der Waals surface area contributed by atoms with E-state index in [1.54, 1.807) is 49.1 Å². The molecule has 4 aromatic rings. The lowest BCUT2D eigenvalue weighted by Crippen LogP contribution is -2.20. The van der Waals surface area contributed by atoms with Crippen molar-refractivity contribution in [1.29, 1.82) is 0 Å². The molecule has 34 heavy (non-hydrogen) atoms. The van der Waals surface area contributed by atoms with Gasteiger partial charge in [-0.25, -0.2) is 9.78 Å². The summed E-state index contributed by atoms with van der Waals surface area (Å²) in [6.45, 7) is 0. The van der Waals surface area contributed by atoms with Gasteiger partial charge in [0.25, 0.3) is 5.69 Å². The number of alkyl halides is 3. The van der Waals surface area contributed by atoms with Crippen LogP contribution in [0, 0.1) is 10.1 Å². The Morgan fingerprint density at radius 2 is 1.68 bits per heavy atom. The Kier molecular flexibility index (Phi) is 5.95. The summed E-state index contributed by atoms with van der Waals surface area (Å²) in [5.74, 6) is 0.678. The minimum absolute atomic E-state index is 0.321. The molecular formula is C22H15F3N6O3. The normalized spacial score (nSPS) is 11.1. The van der Waals surface area contributed by atoms with Crippen LogP contribution in [0.3, 0.4) is 0 Å². The van der Waals surface area contributed by atoms with Gasteiger partial charge >= 0.3 is 12.2 Å². The third-order valence-electron chi connectivity index (χ3n) is 4.75. The summed E-state index contributed by atoms with van der Waals surface area (Å²) in [6, 6.07) is 11.0. The molecule has 12 heteroatoms. The number of hydrogen-bond acceptors (Lipinski definition) is 5. The van der Waals surface area contributed by atoms with Crippen LogP contribution in [0.1, 0.15) is 5.56 Å². The summed E-state index contributed by atoms with van der Waals surface area (Å²) >= 11 is 0. The molecule has 0 aliphatic heterocycles. The quantitative estimate of drug-likeness (QED) is 0.296. The molecule has 0 fully saturated rings. The molecule has 0 saturated heterocycles. The number of pyridine rings is 1. The molecule has 0 aliphatic carbocycles. The van der Waals surface area contributed by atoms with Crippen molar-refractivity contribution < 1.29 is 22.9 Å². The van der Waals surface area contributed by atoms with Gasteiger partial charge in [0.2, 0.25) is 0 Å². The van der Waals surface area contributed by atoms with Crippen molar-refractivity contribution in [3.05, 3.63) is 95.1 Å². The highest BCUT2D eigenvalue weighted by Crippen LogP contribution is 2.35. The molecule has 0 saturated carbocycles. The molecule has 4 rings (SSSR count). The van der Waals surface area contributed by atoms with Crippen LogP contribution in [-0.2, 0) is 6.18 Å². The van der Waals surface area contributed by atoms with Crippen molar-refractivity contribution in [3.63, 3.8) is 0 Å². The SMILES string of the molecule is O=C(Nc1ccc(-n2ccnc2-c2ccncc2)cc1)Nc1cc(C(F)(F)F)ccc1[N+](=O)[O-]. The van der Waals surface area contributed by atoms with Crippen LogP contribution < -0.4 is 10.6 Å². The van der Waals surface area contributed by atoms with E-state index in [-0.39, 0.29) is 0 Å². The average Bonchev–Trinajstić information content (AvgIpc) is 3.29. The van der Waals surface area contributed by atoms with Crippen LogP contribution in [0.5, 0.6) is 0 Å². The maximum Gasteiger partial charge on any atom is 0.416 e. The van der Waals surface area contributed by atoms with Crippen LogP contribution in [0.4, 0.5) is 35.0 Å². The fraction of sp³-hybridized carbons (Fsp3) is 0.0455. The lowest BCUT2D eigenvalue weighted by molar-refractivity contribution is -0.384. The molecule has 0 unspecified atom stereocenters. The lowest BCUT2D eigenvalue weighted by atomic mass is 10.1. The van der Waals surface area contributed by atoms with Gasteiger partial charge in [-0.3, -0.25) is 19.7 Å². The third-order valence-corrected chi connectivity index (χ3v) is 4.75. The van der Waals surface area contributed by atoms with E-state index in [0.717, 1.165) is 11.3 Å². The topological polar surface area (TPSA) is 115 Å². The molecule has 172 valence electrons. The lowest BCUT2D eigenvalue weighted by Gasteiger charge is -2.12. The van der Waals surface area contributed by atoms with Crippen molar-refractivity contribution in [1.82, 2.24) is 14.5 Å². The van der Waals surface area contributed by atoms with Crippen LogP contribution in [0.2, 0.25) is 0 Å². The summed E-state index contributed by atoms with van der Waals surface area (Å²) in [6.07, 6.45) is 1.97. The second-order valence-electron chi connectivity index (χ2n) is 6.97. The van der Waals surface area contributed by atoms with Gasteiger partial charge in [-0.1, -0.05) is 0 Å². The first kappa shape index (κ1) is 22.5. The zero-order chi connectivity index (χ0) is 24.3. The smallest absolute Gasteiger partial charge is 0.308 e. The van der Waals surface area contributed by atoms with E-state index in [0.29, 0.717) is 29.7 Å². The van der Waals surface area contributed by atoms with E-state index in [1.165, 1.54) is 0 Å². The Bertz CT molecular complexity index is 1340. The standard InChI is InChI=1S/C22H15F3N6O3/c23-22(24,25)15-1-6-19(31(33)34)18(13-15)29-21(32)28-16-2-4-17(5-3-16)30-12-11-27-20(30)14-7-9-26-10-8-14/h1-13H,(H2,28,29,32). The monoisotopic (exact) mass is 468 g/mol. The first-order valence-electron chi connectivity index (χ1n) is 9.70. The number of nitro benzene ring substituents is 1. The van der Waals surface area contributed by atoms with Crippen molar-refractivity contribution in [2.75, 3.05) is 10.6 Å². The van der Waals surface area contributed by atoms with Gasteiger partial charge in [-0.15, -0.1) is 0 Å². The Labute approximate surface area is 190 Å². The van der Waals surface area contributed by atoms with Crippen molar-refractivity contribution in [3.8, 4) is 17.1 Å². The van der Waals surface area contributed by atoms with Crippen LogP contribution in [0.25, 0.3) is 17.1 Å². The van der Waals surface area contributed by atoms with Gasteiger partial charge in [0.05, 0.1) is 10.5 Å². The Morgan fingerprint density at radius 3 is 2.32 bits per heavy atom. The molecule has 2 heterocycles. The predicted molar refractivity (Wildman–Crippen MR) is 118 cm³/mol. The Morgan fingerprint density at radius 1 is 0.971 bits per heavy atom. The van der Waals surface area contributed by atoms with Gasteiger partial charge < -0.3 is 10.6 Å². The molecule has 2 aromatic heterocycles. The fourth-order valence-corrected chi connectivity index (χ4v) is 3.19. The minimum Gasteiger partial charge on any atom is -0.308 e. The van der Waals surface area contributed by atoms with Crippen LogP contribution in [0.15, 0.2) is 79.4 Å². The molecule has 2 aromatic carbocycles. The number of anilines is 2. The predicted octanol–water partition coefficient (Wildman–Crippen LogP) is 5.51. The highest BCUT2D eigenvalue weighted by Gasteiger charge is 2.32. The van der Waals surface area contributed by atoms with E-state index in [9.17, 15) is 28.1 Å². The number of rotatable bonds is 5. The first-order valence-corrected chi connectivity index (χ1v) is 9.70. The minimum atomic E-state index is -4.72. The largest absolute Gasteiger partial charge is 0.416 e. The van der Waals surface area contributed by atoms with Gasteiger partial charge in [-0.05, 0) is 48.5 Å². The van der Waals surface area contributed by atoms with E-state index < -0.39 is 34.1 Å². The van der Waals surface area contributed by atoms with Crippen LogP contribution in [-0.4, -0.2) is 25.5 Å². The number of imidazole rings is 1. The summed E-state index contributed by atoms with van der Waals surface area (Å²) in [5.41, 5.74) is -0.450. The number of nitrogens with zero attached hydrogens (tertiary/aromatic N) is 4. The zero-order valence-corrected chi connectivity index (χ0v) is 17.2. The maximum absolute atomic E-state index is 13.0. The zero-order valence-electron chi connectivity index (χ0n) is 17.2. The Hall–Kier alpha value is -4.74. The highest BCUT2D eigenvalue weighted by atomic mass is 19.4. The molecule has 0 atom stereocenters. The maximum atomic E-state index is 13.0. The number of hydrogen-bond donors (Lipinski definition) is 2. The fourth-order valence-electron chi connectivity index (χ4n) is 3.19. The molecule has 0 radical (unpaired) electrons. The van der Waals surface area contributed by atoms with Crippen molar-refractivity contribution in [2.24, 2.45) is 0 Å². The third kappa shape index (κ3) is 4.85. The number of carbonyl (C=O) groups is 1. The molecule has 2 N–H and O–H groups in total. The summed E-state index contributed by atoms with van der Waals surface area (Å²) in [4.78, 5) is 30.9. The number of urea groups is 1. The molecule has 0 bridgehead atoms. The van der Waals surface area contributed by atoms with Crippen molar-refractivity contribution in [2.45, 2.75) is 6.18 Å². The number of aromatic nitrogens is 3. The highest BCUT2D eigenvalue weighted by molar-refractivity contribution is 6.01. The van der Waals surface area contributed by atoms with Gasteiger partial charge in [0.1, 0.15) is 11.5 Å². The van der Waals surface area contributed by atoms with E-state index in [2.05, 4.69) is 20.6 Å². The van der Waals surface area contributed by atoms with E-state index in [1.807, 2.05) is 16.7 Å². The van der Waals surface area contributed by atoms with Gasteiger partial charge in [0, 0.05) is 47.8 Å². The number of benzene rings is 2. The molecule has 0 spiro atoms. The molecular weight excluding hydrogens is 453 g/mol. The van der Waals surface area contributed by atoms with Gasteiger partial charge in [0.15, 0.2) is 0 Å². The number of nitro groups is 1. The first-order chi connectivity index (χ1) is 16.2. The molecule has 9 nitrogen and oxygen atoms in total. The van der Waals surface area contributed by atoms with Gasteiger partial charge in [-0.2, -0.15) is 13.2 Å². The second kappa shape index (κ2) is 9.02. The number of amides is 2. The van der Waals surface area contributed by atoms with Crippen molar-refractivity contribution >= 4 is 23.1 Å². The second-order valence-corrected chi connectivity index (χ2v) is 6.97. The molecule has 2 amide bonds. The average molecular weight is 468 g/mol. The summed E-state index contributed by atoms with van der Waals surface area (Å²) < 4.78 is 40.7. The number of nitrogens with one attached hydrogen (secondary N) is 2.